The van der Waals surface area contributed by atoms with E-state index in [1.165, 1.54) is 11.1 Å². The number of hydrogen-bond acceptors (Lipinski definition) is 7. The number of anilines is 1. The number of fused-ring (bicyclic) bond motifs is 4. The number of rotatable bonds is 3. The van der Waals surface area contributed by atoms with Crippen molar-refractivity contribution in [2.75, 3.05) is 45.3 Å². The zero-order chi connectivity index (χ0) is 32.0. The number of likely N-dealkylation sites (N-methyl/N-ethyl adjacent to an activating group) is 1. The highest BCUT2D eigenvalue weighted by atomic mass is 35.5. The smallest absolute Gasteiger partial charge is 0.264 e. The SMILES string of the molecule is CNC[C@@]1(OC)/C=C/C[C@H](C)[C@@H](C)S(=O)(=O)NC(=O)c2ccc3c(c2)N(C[C@@H]2CC[C@H]21)C[C@@]1(CCCc2cc(Cl)ccc21)CO3. The number of sulfonamides is 1. The highest BCUT2D eigenvalue weighted by Gasteiger charge is 2.49. The van der Waals surface area contributed by atoms with Crippen LogP contribution in [-0.4, -0.2) is 65.6 Å². The molecule has 6 rings (SSSR count). The average molecular weight is 656 g/mol. The van der Waals surface area contributed by atoms with Crippen molar-refractivity contribution in [2.45, 2.75) is 68.6 Å². The van der Waals surface area contributed by atoms with Crippen molar-refractivity contribution in [3.8, 4) is 5.75 Å². The first-order chi connectivity index (χ1) is 21.5. The summed E-state index contributed by atoms with van der Waals surface area (Å²) in [6.07, 6.45) is 9.89. The Kier molecular flexibility index (Phi) is 9.02. The van der Waals surface area contributed by atoms with Gasteiger partial charge in [0, 0.05) is 42.7 Å². The van der Waals surface area contributed by atoms with Gasteiger partial charge in [0.2, 0.25) is 10.0 Å². The minimum atomic E-state index is -3.92. The van der Waals surface area contributed by atoms with E-state index in [9.17, 15) is 13.2 Å². The van der Waals surface area contributed by atoms with Gasteiger partial charge in [-0.25, -0.2) is 13.1 Å². The topological polar surface area (TPSA) is 97.0 Å². The number of allylic oxidation sites excluding steroid dienone is 1. The number of carbonyl (C=O) groups is 1. The first kappa shape index (κ1) is 32.4. The molecule has 0 saturated heterocycles. The Morgan fingerprint density at radius 1 is 1.18 bits per heavy atom. The maximum absolute atomic E-state index is 13.5. The number of benzene rings is 2. The standard InChI is InChI=1S/C35H46ClN3O5S/c1-23-7-5-16-35(43-4,20-37-3)30-12-9-27(30)19-39-21-34(15-6-8-25-17-28(36)11-13-29(25)34)22-44-32-14-10-26(18-31(32)39)33(40)38-45(41,42)24(23)2/h5,10-11,13-14,16-18,23-24,27,30,37H,6-9,12,15,19-22H2,1-4H3,(H,38,40)/b16-5+/t23-,24+,27-,30+,34-,35-/m0/s1. The summed E-state index contributed by atoms with van der Waals surface area (Å²) in [5, 5.41) is 3.34. The molecule has 2 bridgehead atoms. The first-order valence-corrected chi connectivity index (χ1v) is 18.2. The van der Waals surface area contributed by atoms with Gasteiger partial charge < -0.3 is 19.7 Å². The first-order valence-electron chi connectivity index (χ1n) is 16.2. The Labute approximate surface area is 272 Å². The Bertz CT molecular complexity index is 1580. The summed E-state index contributed by atoms with van der Waals surface area (Å²) in [4.78, 5) is 15.9. The van der Waals surface area contributed by atoms with E-state index in [0.29, 0.717) is 36.8 Å². The molecule has 244 valence electrons. The molecule has 2 aromatic carbocycles. The van der Waals surface area contributed by atoms with Crippen LogP contribution in [0.3, 0.4) is 0 Å². The lowest BCUT2D eigenvalue weighted by Gasteiger charge is -2.50. The van der Waals surface area contributed by atoms with Crippen molar-refractivity contribution in [3.05, 3.63) is 70.3 Å². The Hall–Kier alpha value is -2.59. The predicted molar refractivity (Wildman–Crippen MR) is 179 cm³/mol. The van der Waals surface area contributed by atoms with Crippen LogP contribution < -0.4 is 19.7 Å². The van der Waals surface area contributed by atoms with Gasteiger partial charge in [0.25, 0.3) is 5.91 Å². The highest BCUT2D eigenvalue weighted by Crippen LogP contribution is 2.49. The number of nitrogens with zero attached hydrogens (tertiary/aromatic N) is 1. The lowest BCUT2D eigenvalue weighted by atomic mass is 9.63. The molecule has 1 saturated carbocycles. The molecule has 1 spiro atoms. The van der Waals surface area contributed by atoms with Crippen LogP contribution in [0.25, 0.3) is 0 Å². The summed E-state index contributed by atoms with van der Waals surface area (Å²) in [6.45, 7) is 6.23. The van der Waals surface area contributed by atoms with E-state index in [1.807, 2.05) is 32.2 Å². The van der Waals surface area contributed by atoms with Crippen LogP contribution in [0.2, 0.25) is 5.02 Å². The van der Waals surface area contributed by atoms with Crippen molar-refractivity contribution in [2.24, 2.45) is 17.8 Å². The summed E-state index contributed by atoms with van der Waals surface area (Å²) in [7, 11) is -0.197. The van der Waals surface area contributed by atoms with E-state index < -0.39 is 26.8 Å². The zero-order valence-corrected chi connectivity index (χ0v) is 28.3. The van der Waals surface area contributed by atoms with Crippen LogP contribution in [0, 0.1) is 17.8 Å². The lowest BCUT2D eigenvalue weighted by molar-refractivity contribution is -0.0723. The van der Waals surface area contributed by atoms with E-state index in [4.69, 9.17) is 21.1 Å². The lowest BCUT2D eigenvalue weighted by Crippen LogP contribution is -2.56. The maximum atomic E-state index is 13.5. The molecular formula is C35H46ClN3O5S. The molecule has 45 heavy (non-hydrogen) atoms. The molecule has 0 radical (unpaired) electrons. The minimum absolute atomic E-state index is 0.207. The number of amides is 1. The van der Waals surface area contributed by atoms with E-state index in [1.54, 1.807) is 20.1 Å². The fraction of sp³-hybridized carbons (Fsp3) is 0.571. The molecule has 10 heteroatoms. The van der Waals surface area contributed by atoms with Gasteiger partial charge in [0.05, 0.1) is 17.5 Å². The molecule has 2 aromatic rings. The van der Waals surface area contributed by atoms with Gasteiger partial charge >= 0.3 is 0 Å². The van der Waals surface area contributed by atoms with Crippen LogP contribution in [0.15, 0.2) is 48.6 Å². The summed E-state index contributed by atoms with van der Waals surface area (Å²) < 4.78 is 42.0. The third-order valence-corrected chi connectivity index (χ3v) is 13.2. The molecule has 8 nitrogen and oxygen atoms in total. The molecule has 1 amide bonds. The maximum Gasteiger partial charge on any atom is 0.264 e. The number of ether oxygens (including phenoxy) is 2. The van der Waals surface area contributed by atoms with Gasteiger partial charge in [0.15, 0.2) is 0 Å². The van der Waals surface area contributed by atoms with Crippen LogP contribution in [0.4, 0.5) is 5.69 Å². The Balaban J connectivity index is 1.46. The second-order valence-electron chi connectivity index (χ2n) is 13.7. The van der Waals surface area contributed by atoms with Crippen molar-refractivity contribution in [3.63, 3.8) is 0 Å². The Morgan fingerprint density at radius 3 is 2.73 bits per heavy atom. The van der Waals surface area contributed by atoms with Crippen LogP contribution in [0.1, 0.15) is 67.4 Å². The molecule has 0 unspecified atom stereocenters. The molecule has 6 atom stereocenters. The molecule has 2 aliphatic heterocycles. The monoisotopic (exact) mass is 655 g/mol. The van der Waals surface area contributed by atoms with Gasteiger partial charge in [-0.15, -0.1) is 0 Å². The molecule has 1 fully saturated rings. The fourth-order valence-corrected chi connectivity index (χ4v) is 9.59. The second-order valence-corrected chi connectivity index (χ2v) is 16.2. The van der Waals surface area contributed by atoms with E-state index in [2.05, 4.69) is 39.2 Å². The number of halogens is 1. The summed E-state index contributed by atoms with van der Waals surface area (Å²) in [5.41, 5.74) is 2.90. The molecular weight excluding hydrogens is 610 g/mol. The van der Waals surface area contributed by atoms with Gasteiger partial charge in [-0.2, -0.15) is 0 Å². The molecule has 2 N–H and O–H groups in total. The minimum Gasteiger partial charge on any atom is -0.490 e. The number of hydrogen-bond donors (Lipinski definition) is 2. The van der Waals surface area contributed by atoms with Crippen molar-refractivity contribution >= 4 is 33.2 Å². The Morgan fingerprint density at radius 2 is 2.00 bits per heavy atom. The van der Waals surface area contributed by atoms with E-state index >= 15 is 0 Å². The van der Waals surface area contributed by atoms with Gasteiger partial charge in [-0.3, -0.25) is 4.79 Å². The van der Waals surface area contributed by atoms with Crippen molar-refractivity contribution in [1.82, 2.24) is 10.0 Å². The van der Waals surface area contributed by atoms with Crippen LogP contribution in [-0.2, 0) is 26.6 Å². The van der Waals surface area contributed by atoms with Gasteiger partial charge in [-0.1, -0.05) is 36.7 Å². The van der Waals surface area contributed by atoms with Crippen LogP contribution in [0.5, 0.6) is 5.75 Å². The van der Waals surface area contributed by atoms with Crippen LogP contribution >= 0.6 is 11.6 Å². The molecule has 2 heterocycles. The molecule has 0 aromatic heterocycles. The zero-order valence-electron chi connectivity index (χ0n) is 26.8. The summed E-state index contributed by atoms with van der Waals surface area (Å²) in [5.74, 6) is 0.495. The number of methoxy groups -OCH3 is 1. The number of nitrogens with one attached hydrogen (secondary N) is 2. The molecule has 2 aliphatic carbocycles. The van der Waals surface area contributed by atoms with Gasteiger partial charge in [-0.05, 0) is 112 Å². The predicted octanol–water partition coefficient (Wildman–Crippen LogP) is 5.49. The van der Waals surface area contributed by atoms with E-state index in [0.717, 1.165) is 55.9 Å². The van der Waals surface area contributed by atoms with Gasteiger partial charge in [0.1, 0.15) is 11.4 Å². The average Bonchev–Trinajstić information content (AvgIpc) is 3.15. The van der Waals surface area contributed by atoms with Crippen molar-refractivity contribution in [1.29, 1.82) is 0 Å². The number of carbonyl (C=O) groups excluding carboxylic acids is 1. The van der Waals surface area contributed by atoms with Crippen molar-refractivity contribution < 1.29 is 22.7 Å². The second kappa shape index (κ2) is 12.5. The largest absolute Gasteiger partial charge is 0.490 e. The third kappa shape index (κ3) is 6.01. The van der Waals surface area contributed by atoms with E-state index in [-0.39, 0.29) is 17.3 Å². The fourth-order valence-electron chi connectivity index (χ4n) is 8.11. The third-order valence-electron chi connectivity index (χ3n) is 11.1. The quantitative estimate of drug-likeness (QED) is 0.423. The number of aryl methyl sites for hydroxylation is 1. The normalized spacial score (nSPS) is 33.5. The summed E-state index contributed by atoms with van der Waals surface area (Å²) in [6, 6.07) is 11.5. The molecule has 4 aliphatic rings. The highest BCUT2D eigenvalue weighted by molar-refractivity contribution is 7.90. The summed E-state index contributed by atoms with van der Waals surface area (Å²) >= 11 is 6.44.